The average Bonchev–Trinajstić information content (AvgIpc) is 2.62. The van der Waals surface area contributed by atoms with Gasteiger partial charge in [0.15, 0.2) is 0 Å². The molecule has 0 aliphatic carbocycles. The molecule has 3 nitrogen and oxygen atoms in total. The van der Waals surface area contributed by atoms with Crippen molar-refractivity contribution in [3.05, 3.63) is 22.4 Å². The summed E-state index contributed by atoms with van der Waals surface area (Å²) in [5.41, 5.74) is 0. The first-order valence-electron chi connectivity index (χ1n) is 4.69. The molecule has 4 heteroatoms. The smallest absolute Gasteiger partial charge is 0.133 e. The van der Waals surface area contributed by atoms with Crippen molar-refractivity contribution in [2.75, 3.05) is 20.1 Å². The topological polar surface area (TPSA) is 39.1 Å². The second-order valence-corrected chi connectivity index (χ2v) is 4.47. The van der Waals surface area contributed by atoms with Crippen LogP contribution >= 0.6 is 11.3 Å². The Morgan fingerprint density at radius 1 is 1.71 bits per heavy atom. The van der Waals surface area contributed by atoms with Crippen LogP contribution in [-0.4, -0.2) is 31.1 Å². The SMILES string of the molecule is CNC1CN(C(C#N)c2cccs2)C1. The van der Waals surface area contributed by atoms with Gasteiger partial charge in [0.25, 0.3) is 0 Å². The minimum absolute atomic E-state index is 0.0420. The van der Waals surface area contributed by atoms with E-state index in [2.05, 4.69) is 16.3 Å². The molecule has 2 rings (SSSR count). The summed E-state index contributed by atoms with van der Waals surface area (Å²) in [5.74, 6) is 0. The van der Waals surface area contributed by atoms with E-state index in [0.717, 1.165) is 18.0 Å². The Balaban J connectivity index is 2.00. The van der Waals surface area contributed by atoms with Crippen LogP contribution in [0.4, 0.5) is 0 Å². The first-order chi connectivity index (χ1) is 6.85. The first kappa shape index (κ1) is 9.66. The molecule has 0 saturated carbocycles. The lowest BCUT2D eigenvalue weighted by Gasteiger charge is -2.41. The number of nitrogens with zero attached hydrogens (tertiary/aromatic N) is 2. The Labute approximate surface area is 88.0 Å². The molecule has 1 aromatic heterocycles. The standard InChI is InChI=1S/C10H13N3S/c1-12-8-6-13(7-8)9(5-11)10-3-2-4-14-10/h2-4,8-9,12H,6-7H2,1H3. The van der Waals surface area contributed by atoms with Crippen molar-refractivity contribution < 1.29 is 0 Å². The fourth-order valence-electron chi connectivity index (χ4n) is 1.68. The van der Waals surface area contributed by atoms with Gasteiger partial charge >= 0.3 is 0 Å². The van der Waals surface area contributed by atoms with Gasteiger partial charge in [0, 0.05) is 24.0 Å². The molecule has 0 bridgehead atoms. The van der Waals surface area contributed by atoms with Crippen LogP contribution in [0.5, 0.6) is 0 Å². The second kappa shape index (κ2) is 4.09. The number of likely N-dealkylation sites (N-methyl/N-ethyl adjacent to an activating group) is 1. The summed E-state index contributed by atoms with van der Waals surface area (Å²) in [7, 11) is 1.97. The molecule has 14 heavy (non-hydrogen) atoms. The lowest BCUT2D eigenvalue weighted by atomic mass is 10.1. The summed E-state index contributed by atoms with van der Waals surface area (Å²) in [5, 5.41) is 14.3. The molecule has 0 aromatic carbocycles. The normalized spacial score (nSPS) is 20.0. The molecule has 1 fully saturated rings. The highest BCUT2D eigenvalue weighted by Crippen LogP contribution is 2.28. The first-order valence-corrected chi connectivity index (χ1v) is 5.57. The lowest BCUT2D eigenvalue weighted by Crippen LogP contribution is -2.57. The number of nitrogens with one attached hydrogen (secondary N) is 1. The lowest BCUT2D eigenvalue weighted by molar-refractivity contribution is 0.106. The van der Waals surface area contributed by atoms with Gasteiger partial charge in [-0.15, -0.1) is 11.3 Å². The van der Waals surface area contributed by atoms with Crippen LogP contribution in [0.2, 0.25) is 0 Å². The Hall–Kier alpha value is -0.890. The predicted octanol–water partition coefficient (Wildman–Crippen LogP) is 1.22. The van der Waals surface area contributed by atoms with E-state index in [4.69, 9.17) is 5.26 Å². The van der Waals surface area contributed by atoms with Gasteiger partial charge in [0.05, 0.1) is 6.07 Å². The Kier molecular flexibility index (Phi) is 2.82. The summed E-state index contributed by atoms with van der Waals surface area (Å²) >= 11 is 1.66. The van der Waals surface area contributed by atoms with Gasteiger partial charge in [-0.25, -0.2) is 0 Å². The van der Waals surface area contributed by atoms with Crippen molar-refractivity contribution >= 4 is 11.3 Å². The third-order valence-electron chi connectivity index (χ3n) is 2.62. The molecule has 0 radical (unpaired) electrons. The largest absolute Gasteiger partial charge is 0.315 e. The van der Waals surface area contributed by atoms with Gasteiger partial charge in [-0.3, -0.25) is 4.90 Å². The molecule has 1 N–H and O–H groups in total. The van der Waals surface area contributed by atoms with Crippen LogP contribution < -0.4 is 5.32 Å². The summed E-state index contributed by atoms with van der Waals surface area (Å²) in [4.78, 5) is 3.36. The highest BCUT2D eigenvalue weighted by Gasteiger charge is 2.32. The molecule has 74 valence electrons. The van der Waals surface area contributed by atoms with Gasteiger partial charge in [0.2, 0.25) is 0 Å². The summed E-state index contributed by atoms with van der Waals surface area (Å²) in [6.07, 6.45) is 0. The molecule has 1 aromatic rings. The number of nitriles is 1. The van der Waals surface area contributed by atoms with Crippen LogP contribution in [0.15, 0.2) is 17.5 Å². The zero-order valence-electron chi connectivity index (χ0n) is 8.10. The molecule has 0 spiro atoms. The Morgan fingerprint density at radius 2 is 2.50 bits per heavy atom. The maximum Gasteiger partial charge on any atom is 0.133 e. The quantitative estimate of drug-likeness (QED) is 0.810. The van der Waals surface area contributed by atoms with Crippen LogP contribution in [0.1, 0.15) is 10.9 Å². The van der Waals surface area contributed by atoms with E-state index in [9.17, 15) is 0 Å². The molecule has 2 heterocycles. The van der Waals surface area contributed by atoms with E-state index < -0.39 is 0 Å². The number of rotatable bonds is 3. The molecule has 1 aliphatic heterocycles. The van der Waals surface area contributed by atoms with E-state index in [0.29, 0.717) is 6.04 Å². The molecule has 1 saturated heterocycles. The van der Waals surface area contributed by atoms with Gasteiger partial charge in [-0.2, -0.15) is 5.26 Å². The van der Waals surface area contributed by atoms with Crippen molar-refractivity contribution in [3.8, 4) is 6.07 Å². The summed E-state index contributed by atoms with van der Waals surface area (Å²) in [6.45, 7) is 1.96. The maximum atomic E-state index is 9.09. The fourth-order valence-corrected chi connectivity index (χ4v) is 2.48. The third-order valence-corrected chi connectivity index (χ3v) is 3.54. The van der Waals surface area contributed by atoms with Crippen molar-refractivity contribution in [2.45, 2.75) is 12.1 Å². The highest BCUT2D eigenvalue weighted by molar-refractivity contribution is 7.10. The molecule has 1 unspecified atom stereocenters. The van der Waals surface area contributed by atoms with Crippen LogP contribution in [-0.2, 0) is 0 Å². The Bertz CT molecular complexity index is 322. The van der Waals surface area contributed by atoms with E-state index >= 15 is 0 Å². The van der Waals surface area contributed by atoms with Gasteiger partial charge in [0.1, 0.15) is 6.04 Å². The van der Waals surface area contributed by atoms with Gasteiger partial charge in [-0.05, 0) is 18.5 Å². The van der Waals surface area contributed by atoms with Crippen LogP contribution in [0, 0.1) is 11.3 Å². The van der Waals surface area contributed by atoms with Crippen molar-refractivity contribution in [1.82, 2.24) is 10.2 Å². The van der Waals surface area contributed by atoms with Gasteiger partial charge in [-0.1, -0.05) is 6.07 Å². The molecule has 1 atom stereocenters. The molecular formula is C10H13N3S. The van der Waals surface area contributed by atoms with Crippen molar-refractivity contribution in [1.29, 1.82) is 5.26 Å². The minimum Gasteiger partial charge on any atom is -0.315 e. The number of hydrogen-bond acceptors (Lipinski definition) is 4. The van der Waals surface area contributed by atoms with E-state index in [1.165, 1.54) is 0 Å². The average molecular weight is 207 g/mol. The molecule has 1 aliphatic rings. The third kappa shape index (κ3) is 1.67. The monoisotopic (exact) mass is 207 g/mol. The van der Waals surface area contributed by atoms with E-state index in [1.54, 1.807) is 11.3 Å². The number of hydrogen-bond donors (Lipinski definition) is 1. The maximum absolute atomic E-state index is 9.09. The van der Waals surface area contributed by atoms with Crippen LogP contribution in [0.25, 0.3) is 0 Å². The van der Waals surface area contributed by atoms with Crippen molar-refractivity contribution in [2.24, 2.45) is 0 Å². The zero-order chi connectivity index (χ0) is 9.97. The fraction of sp³-hybridized carbons (Fsp3) is 0.500. The Morgan fingerprint density at radius 3 is 3.00 bits per heavy atom. The van der Waals surface area contributed by atoms with E-state index in [-0.39, 0.29) is 6.04 Å². The zero-order valence-corrected chi connectivity index (χ0v) is 8.92. The van der Waals surface area contributed by atoms with Crippen molar-refractivity contribution in [3.63, 3.8) is 0 Å². The summed E-state index contributed by atoms with van der Waals surface area (Å²) in [6, 6.07) is 6.91. The van der Waals surface area contributed by atoms with Gasteiger partial charge < -0.3 is 5.32 Å². The number of thiophene rings is 1. The van der Waals surface area contributed by atoms with Crippen LogP contribution in [0.3, 0.4) is 0 Å². The molecular weight excluding hydrogens is 194 g/mol. The summed E-state index contributed by atoms with van der Waals surface area (Å²) < 4.78 is 0. The second-order valence-electron chi connectivity index (χ2n) is 3.49. The minimum atomic E-state index is -0.0420. The predicted molar refractivity (Wildman–Crippen MR) is 57.1 cm³/mol. The van der Waals surface area contributed by atoms with E-state index in [1.807, 2.05) is 24.6 Å². The number of likely N-dealkylation sites (tertiary alicyclic amines) is 1. The highest BCUT2D eigenvalue weighted by atomic mass is 32.1. The molecule has 0 amide bonds.